The van der Waals surface area contributed by atoms with Crippen molar-refractivity contribution < 1.29 is 18.4 Å². The molecule has 34 heavy (non-hydrogen) atoms. The lowest BCUT2D eigenvalue weighted by Gasteiger charge is -2.21. The lowest BCUT2D eigenvalue weighted by Crippen LogP contribution is -2.33. The van der Waals surface area contributed by atoms with Gasteiger partial charge in [0.25, 0.3) is 5.91 Å². The second kappa shape index (κ2) is 11.3. The van der Waals surface area contributed by atoms with Crippen LogP contribution in [0, 0.1) is 17.6 Å². The standard InChI is InChI=1S/C22H21BrClF2N5O2S/c1-11(2)18(28-21(33)12-4-6-13(24)7-5-12)20-29-30-22(31(20)3)34-10-17(32)27-19-15(23)8-14(25)9-16(19)26/h4-9,11,18H,10H2,1-3H3,(H,27,32)(H,28,33)/t18-/m0/s1. The highest BCUT2D eigenvalue weighted by atomic mass is 79.9. The number of nitrogens with zero attached hydrogens (tertiary/aromatic N) is 3. The number of carbonyl (C=O) groups is 2. The van der Waals surface area contributed by atoms with Gasteiger partial charge < -0.3 is 15.2 Å². The molecule has 12 heteroatoms. The number of aromatic nitrogens is 3. The molecule has 1 aromatic heterocycles. The maximum Gasteiger partial charge on any atom is 0.251 e. The van der Waals surface area contributed by atoms with Gasteiger partial charge in [-0.05, 0) is 52.2 Å². The van der Waals surface area contributed by atoms with Gasteiger partial charge in [0.05, 0.1) is 17.5 Å². The van der Waals surface area contributed by atoms with E-state index in [1.807, 2.05) is 13.8 Å². The predicted octanol–water partition coefficient (Wildman–Crippen LogP) is 5.37. The summed E-state index contributed by atoms with van der Waals surface area (Å²) in [5.74, 6) is -1.99. The third-order valence-corrected chi connectivity index (χ3v) is 6.71. The third kappa shape index (κ3) is 6.34. The number of hydrogen-bond acceptors (Lipinski definition) is 5. The smallest absolute Gasteiger partial charge is 0.251 e. The Labute approximate surface area is 212 Å². The Balaban J connectivity index is 1.68. The van der Waals surface area contributed by atoms with Crippen LogP contribution in [0.25, 0.3) is 0 Å². The lowest BCUT2D eigenvalue weighted by atomic mass is 10.0. The predicted molar refractivity (Wildman–Crippen MR) is 131 cm³/mol. The van der Waals surface area contributed by atoms with Crippen LogP contribution in [0.15, 0.2) is 46.0 Å². The van der Waals surface area contributed by atoms with E-state index in [1.165, 1.54) is 0 Å². The number of thioether (sulfide) groups is 1. The highest BCUT2D eigenvalue weighted by molar-refractivity contribution is 9.10. The van der Waals surface area contributed by atoms with Crippen molar-refractivity contribution in [1.29, 1.82) is 0 Å². The van der Waals surface area contributed by atoms with Gasteiger partial charge in [-0.1, -0.05) is 37.2 Å². The van der Waals surface area contributed by atoms with Crippen LogP contribution in [-0.4, -0.2) is 32.3 Å². The number of nitrogens with one attached hydrogen (secondary N) is 2. The molecule has 0 spiro atoms. The quantitative estimate of drug-likeness (QED) is 0.355. The Morgan fingerprint density at radius 2 is 1.85 bits per heavy atom. The summed E-state index contributed by atoms with van der Waals surface area (Å²) in [6.45, 7) is 3.88. The molecule has 2 amide bonds. The lowest BCUT2D eigenvalue weighted by molar-refractivity contribution is -0.113. The summed E-state index contributed by atoms with van der Waals surface area (Å²) in [6, 6.07) is 7.85. The Morgan fingerprint density at radius 1 is 1.18 bits per heavy atom. The summed E-state index contributed by atoms with van der Waals surface area (Å²) in [4.78, 5) is 25.0. The molecule has 1 heterocycles. The number of hydrogen-bond donors (Lipinski definition) is 2. The molecule has 0 aliphatic heterocycles. The van der Waals surface area contributed by atoms with Crippen molar-refractivity contribution in [2.45, 2.75) is 25.0 Å². The minimum atomic E-state index is -0.887. The van der Waals surface area contributed by atoms with Crippen LogP contribution in [-0.2, 0) is 11.8 Å². The van der Waals surface area contributed by atoms with Gasteiger partial charge in [0, 0.05) is 28.2 Å². The van der Waals surface area contributed by atoms with E-state index in [0.29, 0.717) is 27.6 Å². The molecular formula is C22H21BrClF2N5O2S. The Bertz CT molecular complexity index is 1180. The number of rotatable bonds is 8. The van der Waals surface area contributed by atoms with Gasteiger partial charge in [0.2, 0.25) is 5.91 Å². The second-order valence-corrected chi connectivity index (χ2v) is 9.92. The van der Waals surface area contributed by atoms with E-state index in [1.54, 1.807) is 35.9 Å². The molecule has 1 atom stereocenters. The van der Waals surface area contributed by atoms with E-state index in [-0.39, 0.29) is 27.7 Å². The zero-order valence-electron chi connectivity index (χ0n) is 18.4. The molecule has 180 valence electrons. The van der Waals surface area contributed by atoms with Gasteiger partial charge in [-0.3, -0.25) is 9.59 Å². The molecule has 3 aromatic rings. The maximum absolute atomic E-state index is 14.0. The topological polar surface area (TPSA) is 88.9 Å². The summed E-state index contributed by atoms with van der Waals surface area (Å²) in [7, 11) is 1.73. The molecule has 0 unspecified atom stereocenters. The Hall–Kier alpha value is -2.50. The van der Waals surface area contributed by atoms with Crippen molar-refractivity contribution in [3.63, 3.8) is 0 Å². The largest absolute Gasteiger partial charge is 0.342 e. The fraction of sp³-hybridized carbons (Fsp3) is 0.273. The molecule has 3 rings (SSSR count). The van der Waals surface area contributed by atoms with Crippen LogP contribution in [0.5, 0.6) is 0 Å². The van der Waals surface area contributed by atoms with Crippen molar-refractivity contribution >= 4 is 56.8 Å². The van der Waals surface area contributed by atoms with Crippen molar-refractivity contribution in [2.75, 3.05) is 11.1 Å². The first-order chi connectivity index (χ1) is 16.1. The summed E-state index contributed by atoms with van der Waals surface area (Å²) < 4.78 is 29.0. The van der Waals surface area contributed by atoms with Crippen molar-refractivity contribution in [1.82, 2.24) is 20.1 Å². The summed E-state index contributed by atoms with van der Waals surface area (Å²) in [5, 5.41) is 14.7. The van der Waals surface area contributed by atoms with Crippen molar-refractivity contribution in [3.8, 4) is 0 Å². The Morgan fingerprint density at radius 3 is 2.47 bits per heavy atom. The minimum Gasteiger partial charge on any atom is -0.342 e. The molecule has 2 aromatic carbocycles. The minimum absolute atomic E-state index is 0.000833. The first-order valence-electron chi connectivity index (χ1n) is 10.1. The molecule has 0 saturated heterocycles. The molecule has 0 saturated carbocycles. The molecule has 0 aliphatic rings. The van der Waals surface area contributed by atoms with E-state index in [4.69, 9.17) is 11.6 Å². The molecule has 0 aliphatic carbocycles. The van der Waals surface area contributed by atoms with E-state index in [0.717, 1.165) is 17.8 Å². The Kier molecular flexibility index (Phi) is 8.67. The normalized spacial score (nSPS) is 12.0. The summed E-state index contributed by atoms with van der Waals surface area (Å²) in [5.41, 5.74) is 0.318. The zero-order chi connectivity index (χ0) is 25.0. The van der Waals surface area contributed by atoms with Crippen LogP contribution in [0.1, 0.15) is 36.1 Å². The van der Waals surface area contributed by atoms with Crippen LogP contribution in [0.4, 0.5) is 14.5 Å². The number of amides is 2. The maximum atomic E-state index is 14.0. The van der Waals surface area contributed by atoms with E-state index < -0.39 is 23.6 Å². The van der Waals surface area contributed by atoms with Crippen molar-refractivity contribution in [3.05, 3.63) is 68.9 Å². The molecule has 0 radical (unpaired) electrons. The average molecular weight is 573 g/mol. The first kappa shape index (κ1) is 26.1. The van der Waals surface area contributed by atoms with Gasteiger partial charge in [-0.2, -0.15) is 0 Å². The first-order valence-corrected chi connectivity index (χ1v) is 12.3. The monoisotopic (exact) mass is 571 g/mol. The van der Waals surface area contributed by atoms with Gasteiger partial charge in [-0.25, -0.2) is 8.78 Å². The van der Waals surface area contributed by atoms with E-state index in [2.05, 4.69) is 36.8 Å². The van der Waals surface area contributed by atoms with Crippen LogP contribution in [0.3, 0.4) is 0 Å². The molecule has 2 N–H and O–H groups in total. The fourth-order valence-corrected chi connectivity index (χ4v) is 4.40. The second-order valence-electron chi connectivity index (χ2n) is 7.68. The molecule has 7 nitrogen and oxygen atoms in total. The molecule has 0 fully saturated rings. The van der Waals surface area contributed by atoms with Crippen LogP contribution >= 0.6 is 39.3 Å². The fourth-order valence-electron chi connectivity index (χ4n) is 3.05. The highest BCUT2D eigenvalue weighted by Gasteiger charge is 2.25. The van der Waals surface area contributed by atoms with Gasteiger partial charge in [0.15, 0.2) is 16.8 Å². The summed E-state index contributed by atoms with van der Waals surface area (Å²) >= 11 is 10.0. The molecule has 0 bridgehead atoms. The SMILES string of the molecule is CC(C)[C@H](NC(=O)c1ccc(Cl)cc1)c1nnc(SCC(=O)Nc2c(F)cc(F)cc2Br)n1C. The van der Waals surface area contributed by atoms with Gasteiger partial charge in [0.1, 0.15) is 5.82 Å². The number of benzene rings is 2. The third-order valence-electron chi connectivity index (χ3n) is 4.81. The highest BCUT2D eigenvalue weighted by Crippen LogP contribution is 2.28. The number of anilines is 1. The number of carbonyl (C=O) groups excluding carboxylic acids is 2. The van der Waals surface area contributed by atoms with Gasteiger partial charge >= 0.3 is 0 Å². The van der Waals surface area contributed by atoms with Crippen LogP contribution < -0.4 is 10.6 Å². The summed E-state index contributed by atoms with van der Waals surface area (Å²) in [6.07, 6.45) is 0. The van der Waals surface area contributed by atoms with E-state index in [9.17, 15) is 18.4 Å². The zero-order valence-corrected chi connectivity index (χ0v) is 21.6. The van der Waals surface area contributed by atoms with Gasteiger partial charge in [-0.15, -0.1) is 10.2 Å². The average Bonchev–Trinajstić information content (AvgIpc) is 3.13. The molecular weight excluding hydrogens is 552 g/mol. The number of halogens is 4. The van der Waals surface area contributed by atoms with Crippen molar-refractivity contribution in [2.24, 2.45) is 13.0 Å². The van der Waals surface area contributed by atoms with E-state index >= 15 is 0 Å². The van der Waals surface area contributed by atoms with Crippen LogP contribution in [0.2, 0.25) is 5.02 Å².